The maximum atomic E-state index is 13.6. The van der Waals surface area contributed by atoms with Gasteiger partial charge in [-0.2, -0.15) is 0 Å². The quantitative estimate of drug-likeness (QED) is 0.444. The Balaban J connectivity index is 1.30. The highest BCUT2D eigenvalue weighted by atomic mass is 35.5. The molecule has 0 aromatic heterocycles. The second-order valence-corrected chi connectivity index (χ2v) is 16.5. The standard InChI is InChI=1S/C37H51ClN4O6S/c1-37(2)36(43)39-49(44,45)31-12-14-35-33(24-31)42(15-5-4-7-27-23-30(38)11-9-29(27)26-47-35)25-28-10-13-32(28)34(8-6-21-48-37)46-22-20-41-18-16-40(3)17-19-41/h6,8-9,11-12,14,23-24,28,32,34H,4-5,7,10,13,15-22,25-26H2,1-3H3,(H,39,43)/b8-6+/t28-,32+,34-/m0/s1. The van der Waals surface area contributed by atoms with Crippen molar-refractivity contribution in [3.05, 3.63) is 64.7 Å². The molecule has 1 saturated carbocycles. The summed E-state index contributed by atoms with van der Waals surface area (Å²) in [6.45, 7) is 10.9. The fraction of sp³-hybridized carbons (Fsp3) is 0.595. The molecule has 1 aliphatic carbocycles. The Labute approximate surface area is 296 Å². The number of fused-ring (bicyclic) bond motifs is 3. The van der Waals surface area contributed by atoms with Gasteiger partial charge in [-0.25, -0.2) is 13.1 Å². The normalized spacial score (nSPS) is 27.3. The van der Waals surface area contributed by atoms with Crippen molar-refractivity contribution < 1.29 is 27.4 Å². The Morgan fingerprint density at radius 1 is 1.02 bits per heavy atom. The molecule has 10 nitrogen and oxygen atoms in total. The van der Waals surface area contributed by atoms with E-state index in [1.165, 1.54) is 11.6 Å². The minimum atomic E-state index is -4.19. The number of piperazine rings is 1. The van der Waals surface area contributed by atoms with E-state index in [4.69, 9.17) is 25.8 Å². The van der Waals surface area contributed by atoms with Crippen LogP contribution < -0.4 is 14.4 Å². The van der Waals surface area contributed by atoms with E-state index >= 15 is 0 Å². The molecule has 2 aromatic carbocycles. The van der Waals surface area contributed by atoms with E-state index in [1.54, 1.807) is 26.0 Å². The molecule has 0 radical (unpaired) electrons. The predicted octanol–water partition coefficient (Wildman–Crippen LogP) is 4.89. The van der Waals surface area contributed by atoms with E-state index in [0.29, 0.717) is 41.5 Å². The van der Waals surface area contributed by atoms with Crippen LogP contribution in [0.25, 0.3) is 0 Å². The number of hydrogen-bond donors (Lipinski definition) is 1. The fourth-order valence-corrected chi connectivity index (χ4v) is 8.47. The molecule has 49 heavy (non-hydrogen) atoms. The largest absolute Gasteiger partial charge is 0.487 e. The van der Waals surface area contributed by atoms with Crippen molar-refractivity contribution in [2.75, 3.05) is 71.0 Å². The topological polar surface area (TPSA) is 101 Å². The van der Waals surface area contributed by atoms with Crippen LogP contribution in [0.4, 0.5) is 5.69 Å². The first kappa shape index (κ1) is 36.1. The lowest BCUT2D eigenvalue weighted by Gasteiger charge is -2.44. The molecule has 0 unspecified atom stereocenters. The lowest BCUT2D eigenvalue weighted by atomic mass is 9.70. The number of aryl methyl sites for hydroxylation is 1. The molecule has 2 fully saturated rings. The highest BCUT2D eigenvalue weighted by Crippen LogP contribution is 2.42. The summed E-state index contributed by atoms with van der Waals surface area (Å²) in [7, 11) is -2.03. The summed E-state index contributed by atoms with van der Waals surface area (Å²) in [5, 5.41) is 0.704. The van der Waals surface area contributed by atoms with Crippen molar-refractivity contribution in [2.45, 2.75) is 69.2 Å². The number of halogens is 1. The van der Waals surface area contributed by atoms with Gasteiger partial charge in [0.15, 0.2) is 0 Å². The van der Waals surface area contributed by atoms with Crippen LogP contribution in [-0.4, -0.2) is 102 Å². The van der Waals surface area contributed by atoms with E-state index in [0.717, 1.165) is 83.5 Å². The first-order chi connectivity index (χ1) is 23.5. The van der Waals surface area contributed by atoms with Crippen LogP contribution in [0.2, 0.25) is 5.02 Å². The molecule has 4 aliphatic rings. The van der Waals surface area contributed by atoms with Gasteiger partial charge < -0.3 is 24.0 Å². The summed E-state index contributed by atoms with van der Waals surface area (Å²) >= 11 is 6.36. The second-order valence-electron chi connectivity index (χ2n) is 14.4. The van der Waals surface area contributed by atoms with Crippen LogP contribution in [0.1, 0.15) is 50.7 Å². The number of sulfonamides is 1. The maximum absolute atomic E-state index is 13.6. The number of nitrogens with zero attached hydrogens (tertiary/aromatic N) is 3. The van der Waals surface area contributed by atoms with Crippen LogP contribution >= 0.6 is 11.6 Å². The number of amides is 1. The highest BCUT2D eigenvalue weighted by Gasteiger charge is 2.39. The number of anilines is 1. The molecule has 3 heterocycles. The smallest absolute Gasteiger partial charge is 0.265 e. The lowest BCUT2D eigenvalue weighted by Crippen LogP contribution is -2.47. The molecular formula is C37H51ClN4O6S. The maximum Gasteiger partial charge on any atom is 0.265 e. The summed E-state index contributed by atoms with van der Waals surface area (Å²) in [6.07, 6.45) is 8.76. The SMILES string of the molecule is CN1CCN(CCO[C@H]2/C=C/COC(C)(C)C(=O)NS(=O)(=O)c3ccc4c(c3)N(CCCCc3cc(Cl)ccc3CO4)C[C@@H]3CC[C@H]32)CC1. The van der Waals surface area contributed by atoms with Crippen molar-refractivity contribution in [3.63, 3.8) is 0 Å². The molecule has 2 aromatic rings. The molecule has 1 amide bonds. The van der Waals surface area contributed by atoms with Gasteiger partial charge in [0.25, 0.3) is 15.9 Å². The lowest BCUT2D eigenvalue weighted by molar-refractivity contribution is -0.139. The third-order valence-electron chi connectivity index (χ3n) is 10.6. The van der Waals surface area contributed by atoms with Crippen LogP contribution in [0, 0.1) is 11.8 Å². The molecule has 1 N–H and O–H groups in total. The molecule has 3 atom stereocenters. The number of benzene rings is 2. The molecule has 12 heteroatoms. The molecule has 0 spiro atoms. The van der Waals surface area contributed by atoms with Gasteiger partial charge in [0.05, 0.1) is 29.9 Å². The van der Waals surface area contributed by atoms with E-state index in [1.807, 2.05) is 24.3 Å². The van der Waals surface area contributed by atoms with Gasteiger partial charge in [0.1, 0.15) is 18.0 Å². The van der Waals surface area contributed by atoms with Gasteiger partial charge >= 0.3 is 0 Å². The van der Waals surface area contributed by atoms with Gasteiger partial charge in [-0.15, -0.1) is 0 Å². The number of nitrogens with one attached hydrogen (secondary N) is 1. The van der Waals surface area contributed by atoms with E-state index in [-0.39, 0.29) is 17.6 Å². The molecule has 268 valence electrons. The van der Waals surface area contributed by atoms with Crippen molar-refractivity contribution in [1.29, 1.82) is 0 Å². The van der Waals surface area contributed by atoms with Crippen molar-refractivity contribution in [3.8, 4) is 5.75 Å². The number of likely N-dealkylation sites (N-methyl/N-ethyl adjacent to an activating group) is 1. The van der Waals surface area contributed by atoms with Crippen molar-refractivity contribution in [2.24, 2.45) is 11.8 Å². The molecule has 2 bridgehead atoms. The van der Waals surface area contributed by atoms with Crippen molar-refractivity contribution in [1.82, 2.24) is 14.5 Å². The summed E-state index contributed by atoms with van der Waals surface area (Å²) in [5.74, 6) is 0.520. The number of carbonyl (C=O) groups is 1. The molecular weight excluding hydrogens is 664 g/mol. The number of carbonyl (C=O) groups excluding carboxylic acids is 1. The Morgan fingerprint density at radius 2 is 1.84 bits per heavy atom. The van der Waals surface area contributed by atoms with Gasteiger partial charge in [0.2, 0.25) is 0 Å². The van der Waals surface area contributed by atoms with E-state index < -0.39 is 21.5 Å². The van der Waals surface area contributed by atoms with Gasteiger partial charge in [0, 0.05) is 50.8 Å². The Kier molecular flexibility index (Phi) is 11.6. The molecule has 1 saturated heterocycles. The van der Waals surface area contributed by atoms with E-state index in [2.05, 4.69) is 32.5 Å². The van der Waals surface area contributed by atoms with Crippen LogP contribution in [0.15, 0.2) is 53.4 Å². The number of rotatable bonds is 4. The van der Waals surface area contributed by atoms with Gasteiger partial charge in [-0.1, -0.05) is 29.8 Å². The van der Waals surface area contributed by atoms with Crippen LogP contribution in [-0.2, 0) is 37.3 Å². The zero-order valence-corrected chi connectivity index (χ0v) is 30.6. The highest BCUT2D eigenvalue weighted by molar-refractivity contribution is 7.90. The fourth-order valence-electron chi connectivity index (χ4n) is 7.15. The van der Waals surface area contributed by atoms with Crippen LogP contribution in [0.3, 0.4) is 0 Å². The molecule has 6 rings (SSSR count). The van der Waals surface area contributed by atoms with Gasteiger partial charge in [-0.05, 0) is 106 Å². The summed E-state index contributed by atoms with van der Waals surface area (Å²) in [4.78, 5) is 20.4. The minimum Gasteiger partial charge on any atom is -0.487 e. The average molecular weight is 715 g/mol. The zero-order valence-electron chi connectivity index (χ0n) is 29.0. The Bertz CT molecular complexity index is 1610. The summed E-state index contributed by atoms with van der Waals surface area (Å²) < 4.78 is 48.5. The first-order valence-electron chi connectivity index (χ1n) is 17.7. The number of ether oxygens (including phenoxy) is 3. The summed E-state index contributed by atoms with van der Waals surface area (Å²) in [5.41, 5.74) is 1.56. The Hall–Kier alpha value is -2.67. The molecule has 3 aliphatic heterocycles. The van der Waals surface area contributed by atoms with Crippen molar-refractivity contribution >= 4 is 33.2 Å². The summed E-state index contributed by atoms with van der Waals surface area (Å²) in [6, 6.07) is 10.8. The monoisotopic (exact) mass is 714 g/mol. The predicted molar refractivity (Wildman–Crippen MR) is 192 cm³/mol. The third kappa shape index (κ3) is 8.98. The third-order valence-corrected chi connectivity index (χ3v) is 12.1. The minimum absolute atomic E-state index is 0.00770. The number of hydrogen-bond acceptors (Lipinski definition) is 9. The van der Waals surface area contributed by atoms with Gasteiger partial charge in [-0.3, -0.25) is 9.69 Å². The van der Waals surface area contributed by atoms with Crippen LogP contribution in [0.5, 0.6) is 5.75 Å². The average Bonchev–Trinajstić information content (AvgIpc) is 3.08. The Morgan fingerprint density at radius 3 is 2.61 bits per heavy atom. The first-order valence-corrected chi connectivity index (χ1v) is 19.5. The van der Waals surface area contributed by atoms with E-state index in [9.17, 15) is 13.2 Å². The zero-order chi connectivity index (χ0) is 34.6. The second kappa shape index (κ2) is 15.7.